The Morgan fingerprint density at radius 3 is 1.94 bits per heavy atom. The molecule has 1 heterocycles. The minimum absolute atomic E-state index is 0.0262. The molecule has 0 aliphatic heterocycles. The van der Waals surface area contributed by atoms with Crippen molar-refractivity contribution in [3.8, 4) is 11.5 Å². The molecule has 15 heteroatoms. The maximum absolute atomic E-state index is 14.8. The zero-order valence-electron chi connectivity index (χ0n) is 25.3. The minimum atomic E-state index is -4.28. The largest absolute Gasteiger partial charge is 0.453 e. The third-order valence-corrected chi connectivity index (χ3v) is 9.44. The van der Waals surface area contributed by atoms with Crippen LogP contribution >= 0.6 is 18.9 Å². The Morgan fingerprint density at radius 2 is 1.43 bits per heavy atom. The van der Waals surface area contributed by atoms with Gasteiger partial charge in [-0.15, -0.1) is 11.3 Å². The van der Waals surface area contributed by atoms with Crippen molar-refractivity contribution in [3.05, 3.63) is 113 Å². The summed E-state index contributed by atoms with van der Waals surface area (Å²) >= 11 is 1.17. The molecule has 3 atom stereocenters. The van der Waals surface area contributed by atoms with Gasteiger partial charge < -0.3 is 41.6 Å². The molecule has 4 aromatic rings. The van der Waals surface area contributed by atoms with Crippen molar-refractivity contribution in [2.45, 2.75) is 31.2 Å². The van der Waals surface area contributed by atoms with E-state index in [4.69, 9.17) is 20.5 Å². The van der Waals surface area contributed by atoms with Crippen LogP contribution in [0.15, 0.2) is 107 Å². The van der Waals surface area contributed by atoms with E-state index in [2.05, 4.69) is 20.9 Å². The van der Waals surface area contributed by atoms with Gasteiger partial charge in [0.15, 0.2) is 11.7 Å². The molecule has 0 aliphatic carbocycles. The molecule has 0 saturated carbocycles. The predicted molar refractivity (Wildman–Crippen MR) is 180 cm³/mol. The number of aliphatic imine (C=N–C) groups is 1. The number of hydrogen-bond acceptors (Lipinski definition) is 9. The molecule has 246 valence electrons. The van der Waals surface area contributed by atoms with Crippen molar-refractivity contribution in [1.29, 1.82) is 0 Å². The number of aliphatic hydroxyl groups excluding tert-OH is 1. The van der Waals surface area contributed by atoms with Crippen molar-refractivity contribution in [2.24, 2.45) is 16.5 Å². The number of amides is 3. The number of hydrogen-bond donors (Lipinski definition) is 6. The van der Waals surface area contributed by atoms with Gasteiger partial charge in [-0.1, -0.05) is 54.6 Å². The van der Waals surface area contributed by atoms with Crippen LogP contribution in [0.25, 0.3) is 0 Å². The summed E-state index contributed by atoms with van der Waals surface area (Å²) in [5.41, 5.74) is 12.1. The number of rotatable bonds is 15. The number of benzene rings is 3. The van der Waals surface area contributed by atoms with Gasteiger partial charge in [-0.2, -0.15) is 0 Å². The summed E-state index contributed by atoms with van der Waals surface area (Å²) in [6, 6.07) is 24.2. The van der Waals surface area contributed by atoms with Gasteiger partial charge in [0.05, 0.1) is 17.2 Å². The second-order valence-corrected chi connectivity index (χ2v) is 13.2. The van der Waals surface area contributed by atoms with Crippen LogP contribution < -0.4 is 36.5 Å². The summed E-state index contributed by atoms with van der Waals surface area (Å²) < 4.78 is 26.8. The monoisotopic (exact) mass is 678 g/mol. The number of nitrogens with zero attached hydrogens (tertiary/aromatic N) is 1. The highest BCUT2D eigenvalue weighted by Gasteiger charge is 2.41. The van der Waals surface area contributed by atoms with Gasteiger partial charge in [-0.25, -0.2) is 9.56 Å². The molecular formula is C32H35N6O7PS. The van der Waals surface area contributed by atoms with Crippen LogP contribution in [-0.2, 0) is 20.6 Å². The van der Waals surface area contributed by atoms with Crippen molar-refractivity contribution < 1.29 is 33.1 Å². The fourth-order valence-electron chi connectivity index (χ4n) is 4.22. The molecule has 1 aromatic heterocycles. The quantitative estimate of drug-likeness (QED) is 0.0619. The number of nitrogens with two attached hydrogens (primary N) is 2. The highest BCUT2D eigenvalue weighted by molar-refractivity contribution is 7.55. The fourth-order valence-corrected chi connectivity index (χ4v) is 6.69. The number of aliphatic hydroxyl groups is 1. The van der Waals surface area contributed by atoms with Crippen LogP contribution in [0.4, 0.5) is 5.69 Å². The number of carbonyl (C=O) groups excluding carboxylic acids is 3. The molecule has 0 spiro atoms. The zero-order valence-corrected chi connectivity index (χ0v) is 27.0. The van der Waals surface area contributed by atoms with E-state index in [1.165, 1.54) is 18.3 Å². The zero-order chi connectivity index (χ0) is 33.8. The molecule has 3 aromatic carbocycles. The molecule has 4 rings (SSSR count). The standard InChI is InChI=1S/C32H35N6O7PS/c1-21(35-30(41)26(20-39)37-31(42)27-13-8-18-47-27)29(40)38-28(19-22-14-16-23(17-15-22)36-32(33)34)46(43,44-24-9-4-2-5-10-24)45-25-11-6-3-7-12-25/h2-18,21,26,28,39H,19-20H2,1H3,(H,35,41)(H,37,42)(H,38,40)(H4,33,34,36). The highest BCUT2D eigenvalue weighted by atomic mass is 32.1. The van der Waals surface area contributed by atoms with Gasteiger partial charge in [0, 0.05) is 6.42 Å². The molecule has 0 fully saturated rings. The molecule has 3 unspecified atom stereocenters. The lowest BCUT2D eigenvalue weighted by Gasteiger charge is -2.29. The maximum atomic E-state index is 14.8. The SMILES string of the molecule is CC(NC(=O)C(CO)NC(=O)c1cccs1)C(=O)NC(Cc1ccc(N=C(N)N)cc1)P(=O)(Oc1ccccc1)Oc1ccccc1. The molecule has 0 saturated heterocycles. The van der Waals surface area contributed by atoms with Crippen molar-refractivity contribution in [2.75, 3.05) is 6.61 Å². The summed E-state index contributed by atoms with van der Waals surface area (Å²) in [5, 5.41) is 19.2. The summed E-state index contributed by atoms with van der Waals surface area (Å²) in [6.07, 6.45) is -0.0262. The van der Waals surface area contributed by atoms with E-state index in [0.717, 1.165) is 0 Å². The van der Waals surface area contributed by atoms with Crippen LogP contribution in [0.1, 0.15) is 22.2 Å². The summed E-state index contributed by atoms with van der Waals surface area (Å²) in [6.45, 7) is 0.700. The second-order valence-electron chi connectivity index (χ2n) is 10.2. The molecule has 8 N–H and O–H groups in total. The lowest BCUT2D eigenvalue weighted by atomic mass is 10.1. The predicted octanol–water partition coefficient (Wildman–Crippen LogP) is 3.28. The second kappa shape index (κ2) is 16.4. The van der Waals surface area contributed by atoms with E-state index in [-0.39, 0.29) is 23.9 Å². The first-order chi connectivity index (χ1) is 22.6. The Morgan fingerprint density at radius 1 is 0.830 bits per heavy atom. The van der Waals surface area contributed by atoms with Crippen molar-refractivity contribution in [3.63, 3.8) is 0 Å². The van der Waals surface area contributed by atoms with Crippen LogP contribution in [0, 0.1) is 0 Å². The lowest BCUT2D eigenvalue weighted by Crippen LogP contribution is -2.55. The van der Waals surface area contributed by atoms with E-state index in [9.17, 15) is 24.1 Å². The number of para-hydroxylation sites is 2. The number of guanidine groups is 1. The molecule has 0 radical (unpaired) electrons. The van der Waals surface area contributed by atoms with Crippen molar-refractivity contribution >= 4 is 48.3 Å². The number of nitrogens with one attached hydrogen (secondary N) is 3. The Bertz CT molecular complexity index is 1660. The first-order valence-corrected chi connectivity index (χ1v) is 16.9. The van der Waals surface area contributed by atoms with Gasteiger partial charge >= 0.3 is 7.60 Å². The Labute approximate surface area is 275 Å². The molecule has 0 aliphatic rings. The molecule has 47 heavy (non-hydrogen) atoms. The first kappa shape index (κ1) is 34.7. The highest BCUT2D eigenvalue weighted by Crippen LogP contribution is 2.53. The van der Waals surface area contributed by atoms with Crippen LogP contribution in [0.3, 0.4) is 0 Å². The summed E-state index contributed by atoms with van der Waals surface area (Å²) in [5.74, 6) is -2.98. The smallest absolute Gasteiger partial charge is 0.415 e. The molecule has 3 amide bonds. The van der Waals surface area contributed by atoms with E-state index in [1.54, 1.807) is 102 Å². The van der Waals surface area contributed by atoms with E-state index in [1.807, 2.05) is 0 Å². The molecular weight excluding hydrogens is 643 g/mol. The fraction of sp³-hybridized carbons (Fsp3) is 0.188. The van der Waals surface area contributed by atoms with Gasteiger partial charge in [0.1, 0.15) is 23.6 Å². The Kier molecular flexibility index (Phi) is 12.1. The third kappa shape index (κ3) is 10.2. The average Bonchev–Trinajstić information content (AvgIpc) is 3.60. The van der Waals surface area contributed by atoms with Crippen LogP contribution in [0.5, 0.6) is 11.5 Å². The van der Waals surface area contributed by atoms with E-state index in [0.29, 0.717) is 16.1 Å². The first-order valence-electron chi connectivity index (χ1n) is 14.4. The van der Waals surface area contributed by atoms with Gasteiger partial charge in [0.2, 0.25) is 11.8 Å². The third-order valence-electron chi connectivity index (χ3n) is 6.57. The van der Waals surface area contributed by atoms with Gasteiger partial charge in [-0.3, -0.25) is 14.4 Å². The summed E-state index contributed by atoms with van der Waals surface area (Å²) in [7, 11) is -4.28. The van der Waals surface area contributed by atoms with E-state index < -0.39 is 49.8 Å². The molecule has 13 nitrogen and oxygen atoms in total. The lowest BCUT2D eigenvalue weighted by molar-refractivity contribution is -0.130. The Balaban J connectivity index is 1.59. The van der Waals surface area contributed by atoms with Crippen molar-refractivity contribution in [1.82, 2.24) is 16.0 Å². The average molecular weight is 679 g/mol. The number of thiophene rings is 1. The van der Waals surface area contributed by atoms with Gasteiger partial charge in [-0.05, 0) is 60.3 Å². The van der Waals surface area contributed by atoms with Crippen LogP contribution in [-0.4, -0.2) is 53.3 Å². The Hall–Kier alpha value is -5.17. The minimum Gasteiger partial charge on any atom is -0.415 e. The summed E-state index contributed by atoms with van der Waals surface area (Å²) in [4.78, 5) is 43.3. The molecule has 0 bridgehead atoms. The van der Waals surface area contributed by atoms with E-state index >= 15 is 0 Å². The van der Waals surface area contributed by atoms with Crippen LogP contribution in [0.2, 0.25) is 0 Å². The number of carbonyl (C=O) groups is 3. The maximum Gasteiger partial charge on any atom is 0.453 e. The normalized spacial score (nSPS) is 12.9. The van der Waals surface area contributed by atoms with Gasteiger partial charge in [0.25, 0.3) is 5.91 Å². The topological polar surface area (TPSA) is 207 Å².